The molecule has 1 aliphatic rings. The van der Waals surface area contributed by atoms with Crippen molar-refractivity contribution < 1.29 is 9.72 Å². The van der Waals surface area contributed by atoms with Crippen LogP contribution in [0.2, 0.25) is 0 Å². The van der Waals surface area contributed by atoms with Crippen molar-refractivity contribution in [3.8, 4) is 0 Å². The van der Waals surface area contributed by atoms with Gasteiger partial charge in [0.15, 0.2) is 0 Å². The molecule has 2 rings (SSSR count). The summed E-state index contributed by atoms with van der Waals surface area (Å²) in [5, 5.41) is 10.8. The van der Waals surface area contributed by atoms with Gasteiger partial charge in [-0.05, 0) is 47.6 Å². The molecule has 20 heavy (non-hydrogen) atoms. The number of nitro benzene ring substituents is 1. The first kappa shape index (κ1) is 15.0. The van der Waals surface area contributed by atoms with Gasteiger partial charge in [-0.25, -0.2) is 0 Å². The second-order valence-corrected chi connectivity index (χ2v) is 6.09. The molecule has 1 aliphatic carbocycles. The predicted molar refractivity (Wildman–Crippen MR) is 84.6 cm³/mol. The van der Waals surface area contributed by atoms with Crippen LogP contribution in [-0.2, 0) is 4.79 Å². The Morgan fingerprint density at radius 2 is 2.10 bits per heavy atom. The zero-order valence-electron chi connectivity index (χ0n) is 10.9. The number of benzene rings is 1. The van der Waals surface area contributed by atoms with Crippen LogP contribution < -0.4 is 10.6 Å². The molecule has 1 fully saturated rings. The number of carbonyl (C=O) groups excluding carboxylic acids is 1. The summed E-state index contributed by atoms with van der Waals surface area (Å²) < 4.78 is 0.567. The van der Waals surface area contributed by atoms with E-state index in [1.54, 1.807) is 12.1 Å². The van der Waals surface area contributed by atoms with Crippen molar-refractivity contribution in [3.63, 3.8) is 0 Å². The van der Waals surface area contributed by atoms with Crippen molar-refractivity contribution in [1.82, 2.24) is 0 Å². The second-order valence-electron chi connectivity index (χ2n) is 4.93. The molecule has 1 saturated carbocycles. The molecule has 0 radical (unpaired) electrons. The van der Waals surface area contributed by atoms with Crippen LogP contribution in [0.3, 0.4) is 0 Å². The molecule has 7 heteroatoms. The number of nitro groups is 1. The maximum Gasteiger partial charge on any atom is 0.282 e. The highest BCUT2D eigenvalue weighted by Gasteiger charge is 2.25. The third kappa shape index (κ3) is 3.38. The van der Waals surface area contributed by atoms with Gasteiger partial charge >= 0.3 is 0 Å². The molecule has 1 amide bonds. The molecule has 1 aromatic carbocycles. The Labute approximate surface area is 130 Å². The predicted octanol–water partition coefficient (Wildman–Crippen LogP) is 2.43. The van der Waals surface area contributed by atoms with Crippen molar-refractivity contribution >= 4 is 39.9 Å². The number of anilines is 1. The fraction of sp³-hybridized carbons (Fsp3) is 0.462. The number of amides is 1. The van der Waals surface area contributed by atoms with E-state index in [1.807, 2.05) is 27.5 Å². The van der Waals surface area contributed by atoms with Gasteiger partial charge in [0.25, 0.3) is 5.69 Å². The molecular weight excluding hydrogens is 373 g/mol. The van der Waals surface area contributed by atoms with Crippen LogP contribution >= 0.6 is 22.6 Å². The standard InChI is InChI=1S/C13H16IN3O3/c14-11-7-10(5-6-12(11)17(19)20)16(8-13(15)18)9-3-1-2-4-9/h5-7,9H,1-4,8H2,(H2,15,18). The van der Waals surface area contributed by atoms with E-state index in [0.29, 0.717) is 9.61 Å². The summed E-state index contributed by atoms with van der Waals surface area (Å²) in [7, 11) is 0. The van der Waals surface area contributed by atoms with E-state index < -0.39 is 4.92 Å². The van der Waals surface area contributed by atoms with Crippen LogP contribution in [0, 0.1) is 13.7 Å². The number of nitrogens with two attached hydrogens (primary N) is 1. The zero-order chi connectivity index (χ0) is 14.7. The van der Waals surface area contributed by atoms with Gasteiger partial charge in [-0.3, -0.25) is 14.9 Å². The minimum Gasteiger partial charge on any atom is -0.368 e. The van der Waals surface area contributed by atoms with Gasteiger partial charge < -0.3 is 10.6 Å². The molecule has 2 N–H and O–H groups in total. The van der Waals surface area contributed by atoms with Crippen LogP contribution in [-0.4, -0.2) is 23.4 Å². The zero-order valence-corrected chi connectivity index (χ0v) is 13.1. The molecule has 0 aliphatic heterocycles. The van der Waals surface area contributed by atoms with Gasteiger partial charge in [-0.2, -0.15) is 0 Å². The molecule has 108 valence electrons. The van der Waals surface area contributed by atoms with Crippen LogP contribution in [0.1, 0.15) is 25.7 Å². The number of carbonyl (C=O) groups is 1. The van der Waals surface area contributed by atoms with E-state index in [-0.39, 0.29) is 18.1 Å². The largest absolute Gasteiger partial charge is 0.368 e. The molecule has 0 saturated heterocycles. The lowest BCUT2D eigenvalue weighted by atomic mass is 10.1. The SMILES string of the molecule is NC(=O)CN(c1ccc([N+](=O)[O-])c(I)c1)C1CCCC1. The van der Waals surface area contributed by atoms with E-state index in [2.05, 4.69) is 0 Å². The summed E-state index contributed by atoms with van der Waals surface area (Å²) in [6.45, 7) is 0.151. The van der Waals surface area contributed by atoms with Gasteiger partial charge in [0, 0.05) is 17.8 Å². The van der Waals surface area contributed by atoms with E-state index in [9.17, 15) is 14.9 Å². The smallest absolute Gasteiger partial charge is 0.282 e. The van der Waals surface area contributed by atoms with Crippen molar-refractivity contribution in [2.75, 3.05) is 11.4 Å². The summed E-state index contributed by atoms with van der Waals surface area (Å²) >= 11 is 1.95. The normalized spacial score (nSPS) is 15.2. The summed E-state index contributed by atoms with van der Waals surface area (Å²) in [6.07, 6.45) is 4.34. The van der Waals surface area contributed by atoms with Crippen molar-refractivity contribution in [1.29, 1.82) is 0 Å². The first-order chi connectivity index (χ1) is 9.49. The third-order valence-corrected chi connectivity index (χ3v) is 4.42. The highest BCUT2D eigenvalue weighted by molar-refractivity contribution is 14.1. The van der Waals surface area contributed by atoms with Gasteiger partial charge in [-0.1, -0.05) is 12.8 Å². The molecule has 0 bridgehead atoms. The topological polar surface area (TPSA) is 89.5 Å². The molecule has 0 atom stereocenters. The highest BCUT2D eigenvalue weighted by Crippen LogP contribution is 2.31. The van der Waals surface area contributed by atoms with Crippen LogP contribution in [0.15, 0.2) is 18.2 Å². The number of halogens is 1. The first-order valence-corrected chi connectivity index (χ1v) is 7.56. The van der Waals surface area contributed by atoms with E-state index >= 15 is 0 Å². The van der Waals surface area contributed by atoms with E-state index in [0.717, 1.165) is 31.4 Å². The lowest BCUT2D eigenvalue weighted by molar-refractivity contribution is -0.385. The van der Waals surface area contributed by atoms with Crippen molar-refractivity contribution in [2.45, 2.75) is 31.7 Å². The second kappa shape index (κ2) is 6.38. The van der Waals surface area contributed by atoms with E-state index in [4.69, 9.17) is 5.73 Å². The number of hydrogen-bond donors (Lipinski definition) is 1. The van der Waals surface area contributed by atoms with Gasteiger partial charge in [-0.15, -0.1) is 0 Å². The minimum atomic E-state index is -0.403. The average molecular weight is 389 g/mol. The Morgan fingerprint density at radius 1 is 1.45 bits per heavy atom. The number of hydrogen-bond acceptors (Lipinski definition) is 4. The Hall–Kier alpha value is -1.38. The maximum atomic E-state index is 11.3. The molecule has 0 unspecified atom stereocenters. The lowest BCUT2D eigenvalue weighted by Gasteiger charge is -2.30. The van der Waals surface area contributed by atoms with Crippen LogP contribution in [0.5, 0.6) is 0 Å². The first-order valence-electron chi connectivity index (χ1n) is 6.48. The monoisotopic (exact) mass is 389 g/mol. The number of primary amides is 1. The summed E-state index contributed by atoms with van der Waals surface area (Å²) in [5.74, 6) is -0.384. The third-order valence-electron chi connectivity index (χ3n) is 3.55. The molecule has 6 nitrogen and oxygen atoms in total. The fourth-order valence-corrected chi connectivity index (χ4v) is 3.33. The molecule has 0 aromatic heterocycles. The lowest BCUT2D eigenvalue weighted by Crippen LogP contribution is -2.40. The van der Waals surface area contributed by atoms with Gasteiger partial charge in [0.05, 0.1) is 15.0 Å². The number of nitrogens with zero attached hydrogens (tertiary/aromatic N) is 2. The Balaban J connectivity index is 2.30. The Morgan fingerprint density at radius 3 is 2.60 bits per heavy atom. The average Bonchev–Trinajstić information content (AvgIpc) is 2.88. The van der Waals surface area contributed by atoms with Gasteiger partial charge in [0.2, 0.25) is 5.91 Å². The number of rotatable bonds is 5. The van der Waals surface area contributed by atoms with Crippen LogP contribution in [0.25, 0.3) is 0 Å². The Kier molecular flexibility index (Phi) is 4.79. The highest BCUT2D eigenvalue weighted by atomic mass is 127. The molecular formula is C13H16IN3O3. The summed E-state index contributed by atoms with van der Waals surface area (Å²) in [4.78, 5) is 23.7. The summed E-state index contributed by atoms with van der Waals surface area (Å²) in [5.41, 5.74) is 6.23. The quantitative estimate of drug-likeness (QED) is 0.476. The molecule has 1 aromatic rings. The summed E-state index contributed by atoms with van der Waals surface area (Å²) in [6, 6.07) is 5.22. The minimum absolute atomic E-state index is 0.0831. The Bertz CT molecular complexity index is 530. The molecule has 0 heterocycles. The van der Waals surface area contributed by atoms with E-state index in [1.165, 1.54) is 6.07 Å². The van der Waals surface area contributed by atoms with Crippen LogP contribution in [0.4, 0.5) is 11.4 Å². The van der Waals surface area contributed by atoms with Crippen molar-refractivity contribution in [2.24, 2.45) is 5.73 Å². The fourth-order valence-electron chi connectivity index (χ4n) is 2.64. The maximum absolute atomic E-state index is 11.3. The molecule has 0 spiro atoms. The van der Waals surface area contributed by atoms with Crippen molar-refractivity contribution in [3.05, 3.63) is 31.9 Å². The van der Waals surface area contributed by atoms with Gasteiger partial charge in [0.1, 0.15) is 0 Å².